The molecular formula is C28H25N3O4. The Balaban J connectivity index is 1.28. The zero-order valence-electron chi connectivity index (χ0n) is 19.4. The van der Waals surface area contributed by atoms with E-state index in [0.717, 1.165) is 29.9 Å². The van der Waals surface area contributed by atoms with E-state index in [0.29, 0.717) is 47.7 Å². The van der Waals surface area contributed by atoms with Crippen LogP contribution in [0.5, 0.6) is 11.5 Å². The number of ether oxygens (including phenoxy) is 2. The summed E-state index contributed by atoms with van der Waals surface area (Å²) in [6, 6.07) is 20.5. The predicted molar refractivity (Wildman–Crippen MR) is 133 cm³/mol. The van der Waals surface area contributed by atoms with Crippen LogP contribution in [0.3, 0.4) is 0 Å². The number of fused-ring (bicyclic) bond motifs is 2. The molecule has 35 heavy (non-hydrogen) atoms. The van der Waals surface area contributed by atoms with Crippen LogP contribution in [0.15, 0.2) is 71.5 Å². The second-order valence-electron chi connectivity index (χ2n) is 8.92. The van der Waals surface area contributed by atoms with Gasteiger partial charge in [-0.1, -0.05) is 18.2 Å². The first-order valence-corrected chi connectivity index (χ1v) is 11.9. The molecule has 0 bridgehead atoms. The summed E-state index contributed by atoms with van der Waals surface area (Å²) >= 11 is 0. The number of hydrogen-bond acceptors (Lipinski definition) is 5. The smallest absolute Gasteiger partial charge is 0.265 e. The molecule has 1 atom stereocenters. The molecule has 1 fully saturated rings. The number of carbonyl (C=O) groups excluding carboxylic acids is 1. The van der Waals surface area contributed by atoms with Crippen LogP contribution in [-0.4, -0.2) is 40.1 Å². The van der Waals surface area contributed by atoms with Crippen molar-refractivity contribution in [3.8, 4) is 17.2 Å². The minimum atomic E-state index is -0.120. The SMILES string of the molecule is Cc1nc2ccccc2c(=O)n1-c1ccc(C(=O)N2CCCC2c2ccc3c(c2)OCCO3)cc1. The maximum atomic E-state index is 13.5. The number of rotatable bonds is 3. The van der Waals surface area contributed by atoms with Crippen LogP contribution >= 0.6 is 0 Å². The minimum Gasteiger partial charge on any atom is -0.486 e. The lowest BCUT2D eigenvalue weighted by molar-refractivity contribution is 0.0735. The molecule has 0 saturated carbocycles. The molecule has 3 heterocycles. The molecule has 0 spiro atoms. The highest BCUT2D eigenvalue weighted by Crippen LogP contribution is 2.38. The lowest BCUT2D eigenvalue weighted by Crippen LogP contribution is -2.30. The van der Waals surface area contributed by atoms with E-state index in [1.807, 2.05) is 60.4 Å². The number of aryl methyl sites for hydroxylation is 1. The van der Waals surface area contributed by atoms with E-state index in [1.165, 1.54) is 0 Å². The predicted octanol–water partition coefficient (Wildman–Crippen LogP) is 4.44. The minimum absolute atomic E-state index is 0.00689. The van der Waals surface area contributed by atoms with Crippen molar-refractivity contribution in [3.05, 3.63) is 94.0 Å². The van der Waals surface area contributed by atoms with Gasteiger partial charge in [-0.25, -0.2) is 4.98 Å². The van der Waals surface area contributed by atoms with Gasteiger partial charge in [0.1, 0.15) is 19.0 Å². The van der Waals surface area contributed by atoms with Gasteiger partial charge in [-0.15, -0.1) is 0 Å². The molecule has 176 valence electrons. The van der Waals surface area contributed by atoms with Crippen molar-refractivity contribution in [1.29, 1.82) is 0 Å². The molecule has 7 nitrogen and oxygen atoms in total. The van der Waals surface area contributed by atoms with Gasteiger partial charge in [-0.3, -0.25) is 14.2 Å². The number of carbonyl (C=O) groups is 1. The summed E-state index contributed by atoms with van der Waals surface area (Å²) < 4.78 is 13.0. The van der Waals surface area contributed by atoms with E-state index in [4.69, 9.17) is 9.47 Å². The highest BCUT2D eigenvalue weighted by Gasteiger charge is 2.31. The van der Waals surface area contributed by atoms with E-state index < -0.39 is 0 Å². The summed E-state index contributed by atoms with van der Waals surface area (Å²) in [5.41, 5.74) is 2.90. The van der Waals surface area contributed by atoms with Gasteiger partial charge in [0.25, 0.3) is 11.5 Å². The van der Waals surface area contributed by atoms with Crippen LogP contribution in [0.2, 0.25) is 0 Å². The number of benzene rings is 3. The van der Waals surface area contributed by atoms with Crippen LogP contribution in [-0.2, 0) is 0 Å². The third-order valence-corrected chi connectivity index (χ3v) is 6.78. The summed E-state index contributed by atoms with van der Waals surface area (Å²) in [6.07, 6.45) is 1.85. The molecule has 0 N–H and O–H groups in total. The molecule has 2 aliphatic rings. The average Bonchev–Trinajstić information content (AvgIpc) is 3.38. The molecule has 4 aromatic rings. The fourth-order valence-corrected chi connectivity index (χ4v) is 5.09. The van der Waals surface area contributed by atoms with Crippen molar-refractivity contribution in [1.82, 2.24) is 14.5 Å². The zero-order valence-corrected chi connectivity index (χ0v) is 19.4. The van der Waals surface area contributed by atoms with Gasteiger partial charge in [-0.2, -0.15) is 0 Å². The van der Waals surface area contributed by atoms with Gasteiger partial charge in [0, 0.05) is 12.1 Å². The maximum Gasteiger partial charge on any atom is 0.265 e. The number of likely N-dealkylation sites (tertiary alicyclic amines) is 1. The molecular weight excluding hydrogens is 442 g/mol. The Morgan fingerprint density at radius 3 is 2.57 bits per heavy atom. The van der Waals surface area contributed by atoms with Gasteiger partial charge in [-0.05, 0) is 73.9 Å². The molecule has 1 unspecified atom stereocenters. The molecule has 6 rings (SSSR count). The van der Waals surface area contributed by atoms with Crippen molar-refractivity contribution in [2.24, 2.45) is 0 Å². The Bertz CT molecular complexity index is 1490. The molecule has 0 radical (unpaired) electrons. The second kappa shape index (κ2) is 8.58. The van der Waals surface area contributed by atoms with Crippen molar-refractivity contribution in [2.45, 2.75) is 25.8 Å². The van der Waals surface area contributed by atoms with Crippen molar-refractivity contribution in [2.75, 3.05) is 19.8 Å². The van der Waals surface area contributed by atoms with Crippen molar-refractivity contribution >= 4 is 16.8 Å². The topological polar surface area (TPSA) is 73.7 Å². The van der Waals surface area contributed by atoms with Crippen molar-refractivity contribution in [3.63, 3.8) is 0 Å². The van der Waals surface area contributed by atoms with E-state index in [1.54, 1.807) is 22.8 Å². The molecule has 1 saturated heterocycles. The third kappa shape index (κ3) is 3.73. The quantitative estimate of drug-likeness (QED) is 0.445. The first-order chi connectivity index (χ1) is 17.1. The largest absolute Gasteiger partial charge is 0.486 e. The highest BCUT2D eigenvalue weighted by atomic mass is 16.6. The lowest BCUT2D eigenvalue weighted by atomic mass is 10.0. The van der Waals surface area contributed by atoms with Crippen LogP contribution in [0.25, 0.3) is 16.6 Å². The molecule has 2 aliphatic heterocycles. The van der Waals surface area contributed by atoms with Gasteiger partial charge in [0.15, 0.2) is 11.5 Å². The second-order valence-corrected chi connectivity index (χ2v) is 8.92. The Morgan fingerprint density at radius 1 is 0.971 bits per heavy atom. The fraction of sp³-hybridized carbons (Fsp3) is 0.250. The summed E-state index contributed by atoms with van der Waals surface area (Å²) in [5.74, 6) is 2.07. The molecule has 7 heteroatoms. The summed E-state index contributed by atoms with van der Waals surface area (Å²) in [6.45, 7) is 3.60. The average molecular weight is 468 g/mol. The Morgan fingerprint density at radius 2 is 1.74 bits per heavy atom. The van der Waals surface area contributed by atoms with E-state index >= 15 is 0 Å². The standard InChI is InChI=1S/C28H25N3O4/c1-18-29-23-6-3-2-5-22(23)28(33)31(18)21-11-8-19(9-12-21)27(32)30-14-4-7-24(30)20-10-13-25-26(17-20)35-16-15-34-25/h2-3,5-6,8-13,17,24H,4,7,14-16H2,1H3. The normalized spacial score (nSPS) is 17.1. The van der Waals surface area contributed by atoms with Crippen LogP contribution < -0.4 is 15.0 Å². The lowest BCUT2D eigenvalue weighted by Gasteiger charge is -2.27. The number of nitrogens with zero attached hydrogens (tertiary/aromatic N) is 3. The molecule has 1 amide bonds. The van der Waals surface area contributed by atoms with Gasteiger partial charge in [0.2, 0.25) is 0 Å². The molecule has 1 aromatic heterocycles. The maximum absolute atomic E-state index is 13.5. The number of amides is 1. The zero-order chi connectivity index (χ0) is 23.9. The Hall–Kier alpha value is -4.13. The first-order valence-electron chi connectivity index (χ1n) is 11.9. The van der Waals surface area contributed by atoms with Crippen molar-refractivity contribution < 1.29 is 14.3 Å². The van der Waals surface area contributed by atoms with Gasteiger partial charge >= 0.3 is 0 Å². The first kappa shape index (κ1) is 21.4. The van der Waals surface area contributed by atoms with E-state index in [-0.39, 0.29) is 17.5 Å². The van der Waals surface area contributed by atoms with Gasteiger partial charge in [0.05, 0.1) is 22.6 Å². The Labute approximate surface area is 202 Å². The Kier molecular flexibility index (Phi) is 5.25. The third-order valence-electron chi connectivity index (χ3n) is 6.78. The number of hydrogen-bond donors (Lipinski definition) is 0. The molecule has 0 aliphatic carbocycles. The fourth-order valence-electron chi connectivity index (χ4n) is 5.09. The van der Waals surface area contributed by atoms with E-state index in [2.05, 4.69) is 4.98 Å². The van der Waals surface area contributed by atoms with Crippen LogP contribution in [0.4, 0.5) is 0 Å². The number of para-hydroxylation sites is 1. The van der Waals surface area contributed by atoms with Gasteiger partial charge < -0.3 is 14.4 Å². The van der Waals surface area contributed by atoms with Crippen LogP contribution in [0.1, 0.15) is 40.6 Å². The van der Waals surface area contributed by atoms with Crippen LogP contribution in [0, 0.1) is 6.92 Å². The monoisotopic (exact) mass is 467 g/mol. The highest BCUT2D eigenvalue weighted by molar-refractivity contribution is 5.95. The summed E-state index contributed by atoms with van der Waals surface area (Å²) in [7, 11) is 0. The number of aromatic nitrogens is 2. The summed E-state index contributed by atoms with van der Waals surface area (Å²) in [4.78, 5) is 33.1. The summed E-state index contributed by atoms with van der Waals surface area (Å²) in [5, 5.41) is 0.567. The molecule has 3 aromatic carbocycles. The van der Waals surface area contributed by atoms with E-state index in [9.17, 15) is 9.59 Å².